The second kappa shape index (κ2) is 5.28. The Balaban J connectivity index is 2.30. The topological polar surface area (TPSA) is 41.5 Å². The lowest BCUT2D eigenvalue weighted by molar-refractivity contribution is -0.0281. The number of nitrogens with one attached hydrogen (secondary N) is 1. The average molecular weight is 215 g/mol. The van der Waals surface area contributed by atoms with Gasteiger partial charge in [-0.15, -0.1) is 0 Å². The Morgan fingerprint density at radius 2 is 2.13 bits per heavy atom. The number of hydrogen-bond donors (Lipinski definition) is 2. The smallest absolute Gasteiger partial charge is 0.0715 e. The van der Waals surface area contributed by atoms with Crippen LogP contribution in [0, 0.1) is 5.92 Å². The molecule has 0 saturated carbocycles. The number of rotatable bonds is 4. The lowest BCUT2D eigenvalue weighted by Crippen LogP contribution is -2.45. The summed E-state index contributed by atoms with van der Waals surface area (Å²) >= 11 is 0. The van der Waals surface area contributed by atoms with E-state index in [0.717, 1.165) is 19.4 Å². The summed E-state index contributed by atoms with van der Waals surface area (Å²) in [7, 11) is 0. The zero-order chi connectivity index (χ0) is 11.5. The quantitative estimate of drug-likeness (QED) is 0.747. The lowest BCUT2D eigenvalue weighted by Gasteiger charge is -2.33. The van der Waals surface area contributed by atoms with Gasteiger partial charge in [-0.3, -0.25) is 0 Å². The molecule has 2 unspecified atom stereocenters. The Hall–Kier alpha value is -0.120. The molecule has 90 valence electrons. The van der Waals surface area contributed by atoms with Gasteiger partial charge in [-0.05, 0) is 32.6 Å². The maximum Gasteiger partial charge on any atom is 0.0715 e. The van der Waals surface area contributed by atoms with Crippen molar-refractivity contribution in [3.63, 3.8) is 0 Å². The Morgan fingerprint density at radius 1 is 1.47 bits per heavy atom. The highest BCUT2D eigenvalue weighted by Gasteiger charge is 2.25. The first kappa shape index (κ1) is 12.9. The molecular weight excluding hydrogens is 190 g/mol. The van der Waals surface area contributed by atoms with Crippen molar-refractivity contribution in [2.75, 3.05) is 13.2 Å². The number of hydrogen-bond acceptors (Lipinski definition) is 3. The molecule has 0 aromatic heterocycles. The first-order valence-corrected chi connectivity index (χ1v) is 5.96. The molecule has 2 atom stereocenters. The van der Waals surface area contributed by atoms with Gasteiger partial charge in [0.05, 0.1) is 11.7 Å². The Morgan fingerprint density at radius 3 is 2.67 bits per heavy atom. The summed E-state index contributed by atoms with van der Waals surface area (Å²) in [6.45, 7) is 9.55. The highest BCUT2D eigenvalue weighted by atomic mass is 16.5. The summed E-state index contributed by atoms with van der Waals surface area (Å²) in [6, 6.07) is 0.498. The summed E-state index contributed by atoms with van der Waals surface area (Å²) in [6.07, 6.45) is 2.49. The van der Waals surface area contributed by atoms with Gasteiger partial charge in [-0.2, -0.15) is 0 Å². The van der Waals surface area contributed by atoms with Crippen molar-refractivity contribution >= 4 is 0 Å². The molecule has 0 bridgehead atoms. The molecule has 0 aromatic rings. The second-order valence-corrected chi connectivity index (χ2v) is 5.57. The monoisotopic (exact) mass is 215 g/mol. The van der Waals surface area contributed by atoms with Gasteiger partial charge in [0.15, 0.2) is 0 Å². The van der Waals surface area contributed by atoms with Gasteiger partial charge in [0.25, 0.3) is 0 Å². The van der Waals surface area contributed by atoms with Crippen molar-refractivity contribution in [2.45, 2.75) is 58.3 Å². The van der Waals surface area contributed by atoms with Gasteiger partial charge in [0, 0.05) is 19.2 Å². The summed E-state index contributed by atoms with van der Waals surface area (Å²) in [5.74, 6) is 0.580. The van der Waals surface area contributed by atoms with Crippen LogP contribution in [-0.2, 0) is 4.74 Å². The van der Waals surface area contributed by atoms with Gasteiger partial charge in [-0.25, -0.2) is 0 Å². The fourth-order valence-corrected chi connectivity index (χ4v) is 1.87. The fourth-order valence-electron chi connectivity index (χ4n) is 1.87. The van der Waals surface area contributed by atoms with Crippen LogP contribution in [0.25, 0.3) is 0 Å². The molecule has 0 radical (unpaired) electrons. The van der Waals surface area contributed by atoms with E-state index in [1.165, 1.54) is 0 Å². The van der Waals surface area contributed by atoms with E-state index in [-0.39, 0.29) is 0 Å². The minimum Gasteiger partial charge on any atom is -0.389 e. The minimum absolute atomic E-state index is 0.373. The molecule has 1 rings (SSSR count). The van der Waals surface area contributed by atoms with Crippen molar-refractivity contribution in [1.82, 2.24) is 5.32 Å². The fraction of sp³-hybridized carbons (Fsp3) is 1.00. The molecule has 1 aliphatic heterocycles. The molecule has 1 saturated heterocycles. The normalized spacial score (nSPS) is 28.4. The van der Waals surface area contributed by atoms with E-state index >= 15 is 0 Å². The van der Waals surface area contributed by atoms with Crippen LogP contribution >= 0.6 is 0 Å². The van der Waals surface area contributed by atoms with Gasteiger partial charge in [0.1, 0.15) is 0 Å². The lowest BCUT2D eigenvalue weighted by atomic mass is 9.95. The molecule has 1 heterocycles. The molecule has 2 N–H and O–H groups in total. The predicted octanol–water partition coefficient (Wildman–Crippen LogP) is 1.55. The molecule has 0 aromatic carbocycles. The van der Waals surface area contributed by atoms with E-state index in [2.05, 4.69) is 19.2 Å². The van der Waals surface area contributed by atoms with Gasteiger partial charge in [-0.1, -0.05) is 13.8 Å². The van der Waals surface area contributed by atoms with E-state index in [4.69, 9.17) is 4.74 Å². The Kier molecular flexibility index (Phi) is 4.56. The van der Waals surface area contributed by atoms with Gasteiger partial charge < -0.3 is 15.2 Å². The molecule has 1 fully saturated rings. The predicted molar refractivity (Wildman–Crippen MR) is 61.9 cm³/mol. The third-order valence-electron chi connectivity index (χ3n) is 2.88. The van der Waals surface area contributed by atoms with Crippen LogP contribution in [0.5, 0.6) is 0 Å². The molecule has 0 amide bonds. The van der Waals surface area contributed by atoms with Crippen LogP contribution in [0.1, 0.15) is 40.5 Å². The summed E-state index contributed by atoms with van der Waals surface area (Å²) < 4.78 is 5.70. The molecule has 15 heavy (non-hydrogen) atoms. The van der Waals surface area contributed by atoms with Crippen LogP contribution in [0.3, 0.4) is 0 Å². The number of aliphatic hydroxyl groups is 1. The van der Waals surface area contributed by atoms with Crippen LogP contribution in [-0.4, -0.2) is 36.0 Å². The van der Waals surface area contributed by atoms with E-state index in [9.17, 15) is 5.11 Å². The van der Waals surface area contributed by atoms with Crippen LogP contribution < -0.4 is 5.32 Å². The van der Waals surface area contributed by atoms with Gasteiger partial charge >= 0.3 is 0 Å². The van der Waals surface area contributed by atoms with Gasteiger partial charge in [0.2, 0.25) is 0 Å². The molecule has 3 heteroatoms. The van der Waals surface area contributed by atoms with Crippen molar-refractivity contribution in [3.05, 3.63) is 0 Å². The summed E-state index contributed by atoms with van der Waals surface area (Å²) in [5, 5.41) is 13.0. The second-order valence-electron chi connectivity index (χ2n) is 5.57. The van der Waals surface area contributed by atoms with E-state index in [0.29, 0.717) is 24.6 Å². The third kappa shape index (κ3) is 4.96. The first-order valence-electron chi connectivity index (χ1n) is 5.96. The zero-order valence-corrected chi connectivity index (χ0v) is 10.4. The molecule has 3 nitrogen and oxygen atoms in total. The van der Waals surface area contributed by atoms with Crippen LogP contribution in [0.4, 0.5) is 0 Å². The summed E-state index contributed by atoms with van der Waals surface area (Å²) in [4.78, 5) is 0. The van der Waals surface area contributed by atoms with Crippen molar-refractivity contribution in [1.29, 1.82) is 0 Å². The molecule has 0 spiro atoms. The van der Waals surface area contributed by atoms with Crippen molar-refractivity contribution in [3.8, 4) is 0 Å². The largest absolute Gasteiger partial charge is 0.389 e. The highest BCUT2D eigenvalue weighted by Crippen LogP contribution is 2.20. The number of ether oxygens (including phenoxy) is 1. The molecular formula is C12H25NO2. The van der Waals surface area contributed by atoms with E-state index in [1.807, 2.05) is 13.8 Å². The maximum absolute atomic E-state index is 9.63. The van der Waals surface area contributed by atoms with Crippen molar-refractivity contribution in [2.24, 2.45) is 5.92 Å². The van der Waals surface area contributed by atoms with Crippen LogP contribution in [0.15, 0.2) is 0 Å². The van der Waals surface area contributed by atoms with E-state index in [1.54, 1.807) is 0 Å². The minimum atomic E-state index is -0.619. The SMILES string of the molecule is CC(C)C1CC(NCC(C)(C)O)CCO1. The zero-order valence-electron chi connectivity index (χ0n) is 10.4. The summed E-state index contributed by atoms with van der Waals surface area (Å²) in [5.41, 5.74) is -0.619. The third-order valence-corrected chi connectivity index (χ3v) is 2.88. The standard InChI is InChI=1S/C12H25NO2/c1-9(2)11-7-10(5-6-15-11)13-8-12(3,4)14/h9-11,13-14H,5-8H2,1-4H3. The molecule has 1 aliphatic rings. The molecule has 0 aliphatic carbocycles. The maximum atomic E-state index is 9.63. The van der Waals surface area contributed by atoms with Crippen molar-refractivity contribution < 1.29 is 9.84 Å². The van der Waals surface area contributed by atoms with Crippen LogP contribution in [0.2, 0.25) is 0 Å². The highest BCUT2D eigenvalue weighted by molar-refractivity contribution is 4.81. The van der Waals surface area contributed by atoms with E-state index < -0.39 is 5.60 Å². The Bertz CT molecular complexity index is 187. The Labute approximate surface area is 93.2 Å². The first-order chi connectivity index (χ1) is 6.88. The average Bonchev–Trinajstić information content (AvgIpc) is 2.14.